The summed E-state index contributed by atoms with van der Waals surface area (Å²) in [5, 5.41) is 3.97. The number of anilines is 1. The molecule has 0 spiro atoms. The fraction of sp³-hybridized carbons (Fsp3) is 0.500. The van der Waals surface area contributed by atoms with Crippen molar-refractivity contribution in [3.05, 3.63) is 30.5 Å². The molecule has 1 aromatic heterocycles. The second kappa shape index (κ2) is 8.81. The van der Waals surface area contributed by atoms with Crippen LogP contribution in [0.5, 0.6) is 5.75 Å². The molecule has 2 heterocycles. The third-order valence-corrected chi connectivity index (χ3v) is 4.58. The number of hydrogen-bond acceptors (Lipinski definition) is 4. The maximum absolute atomic E-state index is 12.4. The summed E-state index contributed by atoms with van der Waals surface area (Å²) < 4.78 is 5.86. The minimum absolute atomic E-state index is 0.0340. The van der Waals surface area contributed by atoms with Crippen molar-refractivity contribution in [1.82, 2.24) is 9.88 Å². The molecule has 1 N–H and O–H groups in total. The molecule has 0 atom stereocenters. The van der Waals surface area contributed by atoms with Gasteiger partial charge in [-0.15, -0.1) is 0 Å². The lowest BCUT2D eigenvalue weighted by Crippen LogP contribution is -2.36. The van der Waals surface area contributed by atoms with Crippen LogP contribution in [0.25, 0.3) is 10.9 Å². The molecule has 0 saturated carbocycles. The van der Waals surface area contributed by atoms with Crippen LogP contribution in [0.3, 0.4) is 0 Å². The van der Waals surface area contributed by atoms with Gasteiger partial charge in [0.25, 0.3) is 0 Å². The Hall–Kier alpha value is -2.14. The molecule has 1 aliphatic heterocycles. The van der Waals surface area contributed by atoms with Crippen LogP contribution >= 0.6 is 0 Å². The number of rotatable bonds is 7. The molecule has 0 unspecified atom stereocenters. The molecule has 1 aromatic carbocycles. The third-order valence-electron chi connectivity index (χ3n) is 4.58. The standard InChI is InChI=1S/C20H27N3O2/c1-2-3-14-25-18-10-9-17(16-8-7-11-21-20(16)18)22-19(24)15-23-12-5-4-6-13-23/h7-11H,2-6,12-15H2,1H3,(H,22,24). The van der Waals surface area contributed by atoms with E-state index in [4.69, 9.17) is 4.74 Å². The van der Waals surface area contributed by atoms with Crippen molar-refractivity contribution in [1.29, 1.82) is 0 Å². The highest BCUT2D eigenvalue weighted by atomic mass is 16.5. The molecule has 5 nitrogen and oxygen atoms in total. The van der Waals surface area contributed by atoms with E-state index >= 15 is 0 Å². The van der Waals surface area contributed by atoms with Gasteiger partial charge < -0.3 is 10.1 Å². The van der Waals surface area contributed by atoms with Crippen molar-refractivity contribution in [2.45, 2.75) is 39.0 Å². The Morgan fingerprint density at radius 1 is 1.24 bits per heavy atom. The van der Waals surface area contributed by atoms with Gasteiger partial charge in [-0.05, 0) is 56.6 Å². The van der Waals surface area contributed by atoms with Crippen LogP contribution in [0.15, 0.2) is 30.5 Å². The number of amides is 1. The van der Waals surface area contributed by atoms with Crippen LogP contribution in [0.1, 0.15) is 39.0 Å². The zero-order valence-corrected chi connectivity index (χ0v) is 15.0. The highest BCUT2D eigenvalue weighted by Crippen LogP contribution is 2.30. The van der Waals surface area contributed by atoms with Gasteiger partial charge in [-0.2, -0.15) is 0 Å². The number of fused-ring (bicyclic) bond motifs is 1. The van der Waals surface area contributed by atoms with Crippen LogP contribution in [0, 0.1) is 0 Å². The van der Waals surface area contributed by atoms with Gasteiger partial charge in [-0.1, -0.05) is 19.8 Å². The fourth-order valence-electron chi connectivity index (χ4n) is 3.21. The summed E-state index contributed by atoms with van der Waals surface area (Å²) >= 11 is 0. The van der Waals surface area contributed by atoms with E-state index in [2.05, 4.69) is 22.1 Å². The van der Waals surface area contributed by atoms with E-state index in [0.717, 1.165) is 48.3 Å². The maximum atomic E-state index is 12.4. The number of carbonyl (C=O) groups excluding carboxylic acids is 1. The van der Waals surface area contributed by atoms with Gasteiger partial charge in [-0.3, -0.25) is 14.7 Å². The second-order valence-electron chi connectivity index (χ2n) is 6.60. The molecule has 25 heavy (non-hydrogen) atoms. The SMILES string of the molecule is CCCCOc1ccc(NC(=O)CN2CCCCC2)c2cccnc12. The highest BCUT2D eigenvalue weighted by molar-refractivity contribution is 6.03. The molecule has 0 bridgehead atoms. The Morgan fingerprint density at radius 2 is 2.08 bits per heavy atom. The van der Waals surface area contributed by atoms with Crippen LogP contribution in [-0.2, 0) is 4.79 Å². The number of likely N-dealkylation sites (tertiary alicyclic amines) is 1. The smallest absolute Gasteiger partial charge is 0.238 e. The molecule has 1 amide bonds. The number of pyridine rings is 1. The molecular formula is C20H27N3O2. The summed E-state index contributed by atoms with van der Waals surface area (Å²) in [5.41, 5.74) is 1.60. The van der Waals surface area contributed by atoms with Crippen molar-refractivity contribution in [2.24, 2.45) is 0 Å². The minimum atomic E-state index is 0.0340. The van der Waals surface area contributed by atoms with E-state index in [1.807, 2.05) is 24.3 Å². The topological polar surface area (TPSA) is 54.5 Å². The zero-order valence-electron chi connectivity index (χ0n) is 15.0. The third kappa shape index (κ3) is 4.69. The van der Waals surface area contributed by atoms with Crippen LogP contribution in [0.2, 0.25) is 0 Å². The lowest BCUT2D eigenvalue weighted by Gasteiger charge is -2.25. The van der Waals surface area contributed by atoms with Gasteiger partial charge in [0.1, 0.15) is 11.3 Å². The highest BCUT2D eigenvalue weighted by Gasteiger charge is 2.15. The number of ether oxygens (including phenoxy) is 1. The summed E-state index contributed by atoms with van der Waals surface area (Å²) in [6, 6.07) is 7.69. The first kappa shape index (κ1) is 17.7. The molecule has 2 aromatic rings. The lowest BCUT2D eigenvalue weighted by molar-refractivity contribution is -0.117. The van der Waals surface area contributed by atoms with Crippen molar-refractivity contribution in [2.75, 3.05) is 31.6 Å². The molecule has 3 rings (SSSR count). The number of piperidine rings is 1. The van der Waals surface area contributed by atoms with Gasteiger partial charge in [0, 0.05) is 11.6 Å². The number of nitrogens with one attached hydrogen (secondary N) is 1. The molecule has 134 valence electrons. The second-order valence-corrected chi connectivity index (χ2v) is 6.60. The van der Waals surface area contributed by atoms with E-state index in [9.17, 15) is 4.79 Å². The van der Waals surface area contributed by atoms with Crippen molar-refractivity contribution in [3.8, 4) is 5.75 Å². The van der Waals surface area contributed by atoms with Crippen molar-refractivity contribution >= 4 is 22.5 Å². The first-order valence-electron chi connectivity index (χ1n) is 9.30. The average Bonchev–Trinajstić information content (AvgIpc) is 2.64. The summed E-state index contributed by atoms with van der Waals surface area (Å²) in [5.74, 6) is 0.810. The van der Waals surface area contributed by atoms with Crippen LogP contribution in [0.4, 0.5) is 5.69 Å². The predicted octanol–water partition coefficient (Wildman–Crippen LogP) is 3.84. The molecule has 1 aliphatic rings. The van der Waals surface area contributed by atoms with Gasteiger partial charge in [0.2, 0.25) is 5.91 Å². The normalized spacial score (nSPS) is 15.2. The number of benzene rings is 1. The van der Waals surface area contributed by atoms with Gasteiger partial charge >= 0.3 is 0 Å². The molecular weight excluding hydrogens is 314 g/mol. The number of nitrogens with zero attached hydrogens (tertiary/aromatic N) is 2. The Kier molecular flexibility index (Phi) is 6.23. The Bertz CT molecular complexity index is 711. The lowest BCUT2D eigenvalue weighted by atomic mass is 10.1. The number of hydrogen-bond donors (Lipinski definition) is 1. The molecule has 1 saturated heterocycles. The molecule has 0 radical (unpaired) electrons. The van der Waals surface area contributed by atoms with E-state index in [0.29, 0.717) is 13.2 Å². The van der Waals surface area contributed by atoms with Gasteiger partial charge in [0.05, 0.1) is 18.8 Å². The Balaban J connectivity index is 1.72. The summed E-state index contributed by atoms with van der Waals surface area (Å²) in [4.78, 5) is 19.1. The summed E-state index contributed by atoms with van der Waals surface area (Å²) in [6.07, 6.45) is 7.51. The first-order valence-corrected chi connectivity index (χ1v) is 9.30. The van der Waals surface area contributed by atoms with E-state index in [1.165, 1.54) is 19.3 Å². The summed E-state index contributed by atoms with van der Waals surface area (Å²) in [6.45, 7) is 5.31. The Labute approximate surface area is 149 Å². The van der Waals surface area contributed by atoms with E-state index < -0.39 is 0 Å². The quantitative estimate of drug-likeness (QED) is 0.778. The van der Waals surface area contributed by atoms with E-state index in [-0.39, 0.29) is 5.91 Å². The predicted molar refractivity (Wildman–Crippen MR) is 101 cm³/mol. The first-order chi connectivity index (χ1) is 12.3. The average molecular weight is 341 g/mol. The zero-order chi connectivity index (χ0) is 17.5. The monoisotopic (exact) mass is 341 g/mol. The Morgan fingerprint density at radius 3 is 2.88 bits per heavy atom. The largest absolute Gasteiger partial charge is 0.491 e. The van der Waals surface area contributed by atoms with Crippen LogP contribution < -0.4 is 10.1 Å². The van der Waals surface area contributed by atoms with Crippen LogP contribution in [-0.4, -0.2) is 42.0 Å². The number of aromatic nitrogens is 1. The van der Waals surface area contributed by atoms with Crippen molar-refractivity contribution in [3.63, 3.8) is 0 Å². The number of unbranched alkanes of at least 4 members (excludes halogenated alkanes) is 1. The fourth-order valence-corrected chi connectivity index (χ4v) is 3.21. The molecule has 5 heteroatoms. The maximum Gasteiger partial charge on any atom is 0.238 e. The molecule has 1 fully saturated rings. The minimum Gasteiger partial charge on any atom is -0.491 e. The van der Waals surface area contributed by atoms with Crippen molar-refractivity contribution < 1.29 is 9.53 Å². The van der Waals surface area contributed by atoms with E-state index in [1.54, 1.807) is 6.20 Å². The van der Waals surface area contributed by atoms with Gasteiger partial charge in [-0.25, -0.2) is 0 Å². The molecule has 0 aliphatic carbocycles. The van der Waals surface area contributed by atoms with Gasteiger partial charge in [0.15, 0.2) is 0 Å². The number of carbonyl (C=O) groups is 1. The summed E-state index contributed by atoms with van der Waals surface area (Å²) in [7, 11) is 0.